The minimum absolute atomic E-state index is 0.0986. The fourth-order valence-corrected chi connectivity index (χ4v) is 3.22. The predicted octanol–water partition coefficient (Wildman–Crippen LogP) is 3.32. The summed E-state index contributed by atoms with van der Waals surface area (Å²) < 4.78 is 43.8. The molecule has 1 fully saturated rings. The van der Waals surface area contributed by atoms with Crippen LogP contribution in [-0.2, 0) is 17.7 Å². The third-order valence-corrected chi connectivity index (χ3v) is 4.95. The lowest BCUT2D eigenvalue weighted by atomic mass is 9.83. The van der Waals surface area contributed by atoms with Crippen molar-refractivity contribution >= 4 is 11.3 Å². The molecule has 1 aliphatic heterocycles. The first kappa shape index (κ1) is 16.4. The molecule has 0 radical (unpaired) electrons. The molecule has 9 heteroatoms. The average molecular weight is 346 g/mol. The molecule has 3 heterocycles. The smallest absolute Gasteiger partial charge is 0.380 e. The maximum Gasteiger partial charge on any atom is 0.389 e. The van der Waals surface area contributed by atoms with Crippen molar-refractivity contribution in [2.75, 3.05) is 13.2 Å². The summed E-state index contributed by atoms with van der Waals surface area (Å²) in [5.74, 6) is 0. The zero-order valence-corrected chi connectivity index (χ0v) is 13.5. The van der Waals surface area contributed by atoms with Crippen LogP contribution in [0.1, 0.15) is 24.8 Å². The first-order valence-electron chi connectivity index (χ1n) is 7.39. The van der Waals surface area contributed by atoms with E-state index < -0.39 is 12.6 Å². The number of rotatable bonds is 6. The van der Waals surface area contributed by atoms with Crippen molar-refractivity contribution in [3.8, 4) is 11.4 Å². The molecular weight excluding hydrogens is 329 g/mol. The molecule has 2 aromatic heterocycles. The van der Waals surface area contributed by atoms with Gasteiger partial charge in [0.25, 0.3) is 0 Å². The van der Waals surface area contributed by atoms with Crippen molar-refractivity contribution in [1.82, 2.24) is 20.0 Å². The number of aryl methyl sites for hydroxylation is 1. The molecule has 0 aromatic carbocycles. The number of ether oxygens (including phenoxy) is 1. The van der Waals surface area contributed by atoms with Gasteiger partial charge in [0.15, 0.2) is 0 Å². The SMILES string of the molecule is CCC1(Cn2cc(-c3csc(CCC(F)(F)F)n3)nn2)COC1. The van der Waals surface area contributed by atoms with Crippen molar-refractivity contribution in [3.63, 3.8) is 0 Å². The molecule has 0 spiro atoms. The topological polar surface area (TPSA) is 52.8 Å². The summed E-state index contributed by atoms with van der Waals surface area (Å²) in [5.41, 5.74) is 1.28. The summed E-state index contributed by atoms with van der Waals surface area (Å²) in [5, 5.41) is 10.4. The van der Waals surface area contributed by atoms with Gasteiger partial charge in [0.1, 0.15) is 11.4 Å². The Hall–Kier alpha value is -1.48. The highest BCUT2D eigenvalue weighted by Crippen LogP contribution is 2.33. The van der Waals surface area contributed by atoms with Crippen LogP contribution in [0.5, 0.6) is 0 Å². The molecule has 126 valence electrons. The number of nitrogens with zero attached hydrogens (tertiary/aromatic N) is 4. The van der Waals surface area contributed by atoms with Gasteiger partial charge in [-0.1, -0.05) is 12.1 Å². The molecule has 0 N–H and O–H groups in total. The minimum atomic E-state index is -4.16. The van der Waals surface area contributed by atoms with Gasteiger partial charge in [-0.2, -0.15) is 13.2 Å². The Morgan fingerprint density at radius 3 is 2.74 bits per heavy atom. The molecule has 0 atom stereocenters. The van der Waals surface area contributed by atoms with Crippen molar-refractivity contribution in [2.24, 2.45) is 5.41 Å². The largest absolute Gasteiger partial charge is 0.389 e. The van der Waals surface area contributed by atoms with Crippen LogP contribution in [0.25, 0.3) is 11.4 Å². The minimum Gasteiger partial charge on any atom is -0.380 e. The van der Waals surface area contributed by atoms with Gasteiger partial charge in [-0.05, 0) is 6.42 Å². The van der Waals surface area contributed by atoms with Crippen LogP contribution >= 0.6 is 11.3 Å². The van der Waals surface area contributed by atoms with E-state index in [-0.39, 0.29) is 11.8 Å². The Bertz CT molecular complexity index is 658. The summed E-state index contributed by atoms with van der Waals surface area (Å²) >= 11 is 1.22. The zero-order chi connectivity index (χ0) is 16.5. The van der Waals surface area contributed by atoms with Crippen LogP contribution in [0.2, 0.25) is 0 Å². The fourth-order valence-electron chi connectivity index (χ4n) is 2.43. The lowest BCUT2D eigenvalue weighted by Gasteiger charge is -2.40. The number of aromatic nitrogens is 4. The molecule has 0 amide bonds. The van der Waals surface area contributed by atoms with Crippen LogP contribution in [0, 0.1) is 5.41 Å². The molecule has 0 aliphatic carbocycles. The van der Waals surface area contributed by atoms with E-state index in [1.165, 1.54) is 11.3 Å². The Morgan fingerprint density at radius 2 is 2.13 bits per heavy atom. The molecule has 3 rings (SSSR count). The summed E-state index contributed by atoms with van der Waals surface area (Å²) in [6, 6.07) is 0. The van der Waals surface area contributed by atoms with Gasteiger partial charge in [-0.25, -0.2) is 4.98 Å². The fraction of sp³-hybridized carbons (Fsp3) is 0.643. The lowest BCUT2D eigenvalue weighted by molar-refractivity contribution is -0.133. The Kier molecular flexibility index (Phi) is 4.41. The second-order valence-electron chi connectivity index (χ2n) is 5.89. The highest BCUT2D eigenvalue weighted by molar-refractivity contribution is 7.09. The molecule has 5 nitrogen and oxygen atoms in total. The Morgan fingerprint density at radius 1 is 1.35 bits per heavy atom. The Balaban J connectivity index is 1.65. The van der Waals surface area contributed by atoms with Gasteiger partial charge in [-0.15, -0.1) is 16.4 Å². The highest BCUT2D eigenvalue weighted by Gasteiger charge is 2.37. The summed E-state index contributed by atoms with van der Waals surface area (Å²) in [6.07, 6.45) is -2.32. The van der Waals surface area contributed by atoms with Crippen LogP contribution in [0.15, 0.2) is 11.6 Å². The highest BCUT2D eigenvalue weighted by atomic mass is 32.1. The molecule has 2 aromatic rings. The maximum absolute atomic E-state index is 12.2. The van der Waals surface area contributed by atoms with E-state index in [1.54, 1.807) is 16.3 Å². The molecule has 1 saturated heterocycles. The molecular formula is C14H17F3N4OS. The number of thiazole rings is 1. The molecule has 0 bridgehead atoms. The van der Waals surface area contributed by atoms with Crippen LogP contribution in [0.4, 0.5) is 13.2 Å². The predicted molar refractivity (Wildman–Crippen MR) is 79.0 cm³/mol. The van der Waals surface area contributed by atoms with Crippen LogP contribution in [0.3, 0.4) is 0 Å². The lowest BCUT2D eigenvalue weighted by Crippen LogP contribution is -2.45. The standard InChI is InChI=1S/C14H17F3N4OS/c1-2-13(8-22-9-13)7-21-5-10(19-20-21)11-6-23-12(18-11)3-4-14(15,16)17/h5-6H,2-4,7-9H2,1H3. The van der Waals surface area contributed by atoms with E-state index in [1.807, 2.05) is 0 Å². The van der Waals surface area contributed by atoms with Gasteiger partial charge in [0.05, 0.1) is 31.0 Å². The van der Waals surface area contributed by atoms with E-state index in [2.05, 4.69) is 22.2 Å². The second kappa shape index (κ2) is 6.20. The van der Waals surface area contributed by atoms with E-state index in [0.717, 1.165) is 26.2 Å². The third-order valence-electron chi connectivity index (χ3n) is 4.04. The van der Waals surface area contributed by atoms with Gasteiger partial charge < -0.3 is 4.74 Å². The normalized spacial score (nSPS) is 17.2. The van der Waals surface area contributed by atoms with Crippen LogP contribution in [-0.4, -0.2) is 39.4 Å². The number of alkyl halides is 3. The van der Waals surface area contributed by atoms with E-state index in [9.17, 15) is 13.2 Å². The van der Waals surface area contributed by atoms with Crippen molar-refractivity contribution in [2.45, 2.75) is 38.9 Å². The van der Waals surface area contributed by atoms with E-state index in [4.69, 9.17) is 4.74 Å². The van der Waals surface area contributed by atoms with Gasteiger partial charge >= 0.3 is 6.18 Å². The molecule has 0 unspecified atom stereocenters. The first-order valence-corrected chi connectivity index (χ1v) is 8.26. The summed E-state index contributed by atoms with van der Waals surface area (Å²) in [4.78, 5) is 4.23. The molecule has 23 heavy (non-hydrogen) atoms. The van der Waals surface area contributed by atoms with Gasteiger partial charge in [0, 0.05) is 23.6 Å². The van der Waals surface area contributed by atoms with Crippen LogP contribution < -0.4 is 0 Å². The van der Waals surface area contributed by atoms with Crippen molar-refractivity contribution in [3.05, 3.63) is 16.6 Å². The van der Waals surface area contributed by atoms with E-state index >= 15 is 0 Å². The van der Waals surface area contributed by atoms with E-state index in [0.29, 0.717) is 16.4 Å². The molecule has 1 aliphatic rings. The zero-order valence-electron chi connectivity index (χ0n) is 12.6. The van der Waals surface area contributed by atoms with Crippen molar-refractivity contribution in [1.29, 1.82) is 0 Å². The molecule has 0 saturated carbocycles. The number of halogens is 3. The third kappa shape index (κ3) is 3.89. The monoisotopic (exact) mass is 346 g/mol. The van der Waals surface area contributed by atoms with Gasteiger partial charge in [-0.3, -0.25) is 4.68 Å². The second-order valence-corrected chi connectivity index (χ2v) is 6.83. The van der Waals surface area contributed by atoms with Gasteiger partial charge in [0.2, 0.25) is 0 Å². The maximum atomic E-state index is 12.2. The van der Waals surface area contributed by atoms with Crippen molar-refractivity contribution < 1.29 is 17.9 Å². The number of hydrogen-bond donors (Lipinski definition) is 0. The summed E-state index contributed by atoms with van der Waals surface area (Å²) in [7, 11) is 0. The Labute approximate surface area is 135 Å². The quantitative estimate of drug-likeness (QED) is 0.805. The average Bonchev–Trinajstić information content (AvgIpc) is 3.09. The first-order chi connectivity index (χ1) is 10.9. The summed E-state index contributed by atoms with van der Waals surface area (Å²) in [6.45, 7) is 4.28. The number of hydrogen-bond acceptors (Lipinski definition) is 5.